The second-order valence-electron chi connectivity index (χ2n) is 6.23. The van der Waals surface area contributed by atoms with Crippen LogP contribution in [0.2, 0.25) is 5.02 Å². The molecule has 2 aromatic rings. The van der Waals surface area contributed by atoms with E-state index in [0.29, 0.717) is 10.6 Å². The van der Waals surface area contributed by atoms with Crippen molar-refractivity contribution in [3.63, 3.8) is 0 Å². The fourth-order valence-electron chi connectivity index (χ4n) is 2.51. The predicted molar refractivity (Wildman–Crippen MR) is 99.8 cm³/mol. The van der Waals surface area contributed by atoms with Crippen molar-refractivity contribution in [3.05, 3.63) is 59.4 Å². The van der Waals surface area contributed by atoms with Gasteiger partial charge in [0, 0.05) is 30.0 Å². The molecular weight excluding hydrogens is 390 g/mol. The fourth-order valence-corrected chi connectivity index (χ4v) is 4.28. The van der Waals surface area contributed by atoms with Crippen LogP contribution in [0.3, 0.4) is 0 Å². The maximum absolute atomic E-state index is 13.1. The number of amides is 2. The highest BCUT2D eigenvalue weighted by molar-refractivity contribution is 7.91. The Balaban J connectivity index is 1.81. The van der Waals surface area contributed by atoms with Crippen LogP contribution < -0.4 is 10.6 Å². The highest BCUT2D eigenvalue weighted by Crippen LogP contribution is 2.29. The highest BCUT2D eigenvalue weighted by atomic mass is 35.5. The van der Waals surface area contributed by atoms with Crippen molar-refractivity contribution in [1.29, 1.82) is 0 Å². The van der Waals surface area contributed by atoms with Gasteiger partial charge >= 0.3 is 11.8 Å². The van der Waals surface area contributed by atoms with E-state index >= 15 is 0 Å². The van der Waals surface area contributed by atoms with Gasteiger partial charge in [0.1, 0.15) is 5.25 Å². The first kappa shape index (κ1) is 19.3. The van der Waals surface area contributed by atoms with Crippen LogP contribution in [-0.4, -0.2) is 37.8 Å². The van der Waals surface area contributed by atoms with Gasteiger partial charge in [0.05, 0.1) is 4.90 Å². The molecule has 9 heteroatoms. The zero-order chi connectivity index (χ0) is 19.4. The van der Waals surface area contributed by atoms with Crippen LogP contribution in [0.5, 0.6) is 0 Å². The molecule has 1 saturated carbocycles. The van der Waals surface area contributed by atoms with E-state index in [0.717, 1.165) is 12.8 Å². The number of halogens is 1. The summed E-state index contributed by atoms with van der Waals surface area (Å²) in [6, 6.07) is 9.04. The maximum atomic E-state index is 13.1. The number of pyridine rings is 1. The van der Waals surface area contributed by atoms with Gasteiger partial charge in [-0.25, -0.2) is 8.42 Å². The Kier molecular flexibility index (Phi) is 5.76. The zero-order valence-electron chi connectivity index (χ0n) is 14.3. The van der Waals surface area contributed by atoms with Crippen LogP contribution in [0.15, 0.2) is 53.7 Å². The van der Waals surface area contributed by atoms with Crippen LogP contribution in [-0.2, 0) is 19.4 Å². The molecule has 27 heavy (non-hydrogen) atoms. The summed E-state index contributed by atoms with van der Waals surface area (Å²) in [5.74, 6) is -1.62. The zero-order valence-corrected chi connectivity index (χ0v) is 15.8. The molecule has 0 radical (unpaired) electrons. The standard InChI is InChI=1S/C18H18ClN3O4S/c19-13-3-7-15(8-4-13)27(25,26)16(12-2-1-9-20-10-12)11-21-17(23)18(24)22-14-5-6-14/h1-4,7-10,14,16H,5-6,11H2,(H,21,23)(H,22,24)/t16-/m0/s1. The maximum Gasteiger partial charge on any atom is 0.309 e. The predicted octanol–water partition coefficient (Wildman–Crippen LogP) is 1.64. The van der Waals surface area contributed by atoms with E-state index in [4.69, 9.17) is 11.6 Å². The third kappa shape index (κ3) is 4.84. The molecule has 0 unspecified atom stereocenters. The molecule has 0 aliphatic heterocycles. The van der Waals surface area contributed by atoms with Crippen LogP contribution >= 0.6 is 11.6 Å². The Morgan fingerprint density at radius 1 is 1.15 bits per heavy atom. The lowest BCUT2D eigenvalue weighted by molar-refractivity contribution is -0.139. The van der Waals surface area contributed by atoms with E-state index in [1.165, 1.54) is 36.7 Å². The lowest BCUT2D eigenvalue weighted by atomic mass is 10.2. The molecule has 0 spiro atoms. The Morgan fingerprint density at radius 3 is 2.44 bits per heavy atom. The summed E-state index contributed by atoms with van der Waals surface area (Å²) in [6.45, 7) is -0.256. The molecule has 1 aromatic heterocycles. The van der Waals surface area contributed by atoms with E-state index in [9.17, 15) is 18.0 Å². The molecule has 3 rings (SSSR count). The number of benzene rings is 1. The van der Waals surface area contributed by atoms with E-state index < -0.39 is 26.9 Å². The van der Waals surface area contributed by atoms with Crippen molar-refractivity contribution < 1.29 is 18.0 Å². The SMILES string of the molecule is O=C(NC[C@@H](c1cccnc1)S(=O)(=O)c1ccc(Cl)cc1)C(=O)NC1CC1. The third-order valence-electron chi connectivity index (χ3n) is 4.14. The van der Waals surface area contributed by atoms with E-state index in [-0.39, 0.29) is 17.5 Å². The van der Waals surface area contributed by atoms with Crippen LogP contribution in [0.1, 0.15) is 23.7 Å². The number of sulfone groups is 1. The van der Waals surface area contributed by atoms with E-state index in [1.54, 1.807) is 12.1 Å². The minimum atomic E-state index is -3.85. The Hall–Kier alpha value is -2.45. The quantitative estimate of drug-likeness (QED) is 0.708. The van der Waals surface area contributed by atoms with Gasteiger partial charge < -0.3 is 10.6 Å². The molecule has 2 N–H and O–H groups in total. The summed E-state index contributed by atoms with van der Waals surface area (Å²) in [5, 5.41) is 4.31. The molecule has 1 fully saturated rings. The first-order chi connectivity index (χ1) is 12.9. The van der Waals surface area contributed by atoms with Crippen molar-refractivity contribution in [2.24, 2.45) is 0 Å². The number of hydrogen-bond donors (Lipinski definition) is 2. The van der Waals surface area contributed by atoms with Crippen molar-refractivity contribution in [1.82, 2.24) is 15.6 Å². The molecule has 1 aromatic carbocycles. The van der Waals surface area contributed by atoms with E-state index in [2.05, 4.69) is 15.6 Å². The van der Waals surface area contributed by atoms with Gasteiger partial charge in [0.15, 0.2) is 9.84 Å². The van der Waals surface area contributed by atoms with Gasteiger partial charge in [-0.3, -0.25) is 14.6 Å². The molecule has 142 valence electrons. The van der Waals surface area contributed by atoms with Gasteiger partial charge in [0.2, 0.25) is 0 Å². The molecule has 0 bridgehead atoms. The second-order valence-corrected chi connectivity index (χ2v) is 8.80. The second kappa shape index (κ2) is 8.06. The molecule has 2 amide bonds. The molecular formula is C18H18ClN3O4S. The fraction of sp³-hybridized carbons (Fsp3) is 0.278. The molecule has 1 aliphatic carbocycles. The number of hydrogen-bond acceptors (Lipinski definition) is 5. The first-order valence-electron chi connectivity index (χ1n) is 8.36. The Labute approximate surface area is 162 Å². The highest BCUT2D eigenvalue weighted by Gasteiger charge is 2.31. The number of carbonyl (C=O) groups excluding carboxylic acids is 2. The average Bonchev–Trinajstić information content (AvgIpc) is 3.46. The monoisotopic (exact) mass is 407 g/mol. The minimum absolute atomic E-state index is 0.0372. The third-order valence-corrected chi connectivity index (χ3v) is 6.51. The Morgan fingerprint density at radius 2 is 1.85 bits per heavy atom. The number of nitrogens with one attached hydrogen (secondary N) is 2. The van der Waals surface area contributed by atoms with Crippen molar-refractivity contribution >= 4 is 33.3 Å². The summed E-state index contributed by atoms with van der Waals surface area (Å²) < 4.78 is 26.2. The topological polar surface area (TPSA) is 105 Å². The number of nitrogens with zero attached hydrogens (tertiary/aromatic N) is 1. The van der Waals surface area contributed by atoms with Gasteiger partial charge in [-0.05, 0) is 48.7 Å². The summed E-state index contributed by atoms with van der Waals surface area (Å²) in [4.78, 5) is 27.8. The molecule has 1 aliphatic rings. The lowest BCUT2D eigenvalue weighted by Crippen LogP contribution is -2.43. The number of rotatable bonds is 6. The number of aromatic nitrogens is 1. The molecule has 0 saturated heterocycles. The van der Waals surface area contributed by atoms with Gasteiger partial charge in [-0.2, -0.15) is 0 Å². The van der Waals surface area contributed by atoms with Crippen LogP contribution in [0, 0.1) is 0 Å². The molecule has 1 atom stereocenters. The minimum Gasteiger partial charge on any atom is -0.346 e. The largest absolute Gasteiger partial charge is 0.346 e. The van der Waals surface area contributed by atoms with Gasteiger partial charge in [-0.15, -0.1) is 0 Å². The summed E-state index contributed by atoms with van der Waals surface area (Å²) >= 11 is 5.84. The lowest BCUT2D eigenvalue weighted by Gasteiger charge is -2.18. The first-order valence-corrected chi connectivity index (χ1v) is 10.3. The van der Waals surface area contributed by atoms with Crippen molar-refractivity contribution in [2.45, 2.75) is 29.0 Å². The summed E-state index contributed by atoms with van der Waals surface area (Å²) in [6.07, 6.45) is 4.65. The summed E-state index contributed by atoms with van der Waals surface area (Å²) in [5.41, 5.74) is 0.412. The van der Waals surface area contributed by atoms with Gasteiger partial charge in [0.25, 0.3) is 0 Å². The van der Waals surface area contributed by atoms with Crippen molar-refractivity contribution in [2.75, 3.05) is 6.54 Å². The molecule has 1 heterocycles. The van der Waals surface area contributed by atoms with Gasteiger partial charge in [-0.1, -0.05) is 17.7 Å². The van der Waals surface area contributed by atoms with Crippen LogP contribution in [0.4, 0.5) is 0 Å². The average molecular weight is 408 g/mol. The smallest absolute Gasteiger partial charge is 0.309 e. The normalized spacial score (nSPS) is 15.0. The Bertz CT molecular complexity index is 929. The number of carbonyl (C=O) groups is 2. The summed E-state index contributed by atoms with van der Waals surface area (Å²) in [7, 11) is -3.85. The van der Waals surface area contributed by atoms with Crippen molar-refractivity contribution in [3.8, 4) is 0 Å². The van der Waals surface area contributed by atoms with Crippen LogP contribution in [0.25, 0.3) is 0 Å². The van der Waals surface area contributed by atoms with E-state index in [1.807, 2.05) is 0 Å². The molecule has 7 nitrogen and oxygen atoms in total.